The first-order chi connectivity index (χ1) is 8.50. The summed E-state index contributed by atoms with van der Waals surface area (Å²) in [4.78, 5) is 16.8. The van der Waals surface area contributed by atoms with E-state index in [-0.39, 0.29) is 11.7 Å². The Labute approximate surface area is 111 Å². The van der Waals surface area contributed by atoms with Crippen molar-refractivity contribution in [1.29, 1.82) is 0 Å². The predicted octanol–water partition coefficient (Wildman–Crippen LogP) is 1.42. The highest BCUT2D eigenvalue weighted by Crippen LogP contribution is 2.42. The molecule has 0 aromatic rings. The molecule has 4 nitrogen and oxygen atoms in total. The number of rotatable bonds is 6. The third kappa shape index (κ3) is 2.54. The summed E-state index contributed by atoms with van der Waals surface area (Å²) in [7, 11) is 2.13. The Bertz CT molecular complexity index is 312. The lowest BCUT2D eigenvalue weighted by Crippen LogP contribution is -2.42. The number of hydrogen-bond donors (Lipinski definition) is 1. The molecule has 1 saturated heterocycles. The Morgan fingerprint density at radius 2 is 2.17 bits per heavy atom. The van der Waals surface area contributed by atoms with Gasteiger partial charge in [-0.1, -0.05) is 13.3 Å². The van der Waals surface area contributed by atoms with Crippen molar-refractivity contribution >= 4 is 5.91 Å². The van der Waals surface area contributed by atoms with Gasteiger partial charge in [-0.05, 0) is 40.2 Å². The fraction of sp³-hybridized carbons (Fsp3) is 0.929. The van der Waals surface area contributed by atoms with Crippen LogP contribution >= 0.6 is 0 Å². The van der Waals surface area contributed by atoms with E-state index in [2.05, 4.69) is 42.9 Å². The molecule has 1 spiro atoms. The quantitative estimate of drug-likeness (QED) is 0.777. The van der Waals surface area contributed by atoms with E-state index >= 15 is 0 Å². The van der Waals surface area contributed by atoms with Gasteiger partial charge in [0.2, 0.25) is 5.91 Å². The third-order valence-electron chi connectivity index (χ3n) is 4.38. The summed E-state index contributed by atoms with van der Waals surface area (Å²) in [5.41, 5.74) is -0.157. The summed E-state index contributed by atoms with van der Waals surface area (Å²) in [6.07, 6.45) is 4.52. The molecule has 18 heavy (non-hydrogen) atoms. The first-order valence-corrected chi connectivity index (χ1v) is 7.29. The number of nitrogens with one attached hydrogen (secondary N) is 1. The summed E-state index contributed by atoms with van der Waals surface area (Å²) < 4.78 is 0. The highest BCUT2D eigenvalue weighted by Gasteiger charge is 2.58. The maximum Gasteiger partial charge on any atom is 0.244 e. The van der Waals surface area contributed by atoms with Gasteiger partial charge in [-0.15, -0.1) is 0 Å². The minimum absolute atomic E-state index is 0.157. The second-order valence-corrected chi connectivity index (χ2v) is 6.10. The van der Waals surface area contributed by atoms with E-state index in [1.807, 2.05) is 0 Å². The SMILES string of the molecule is CCCC1NC2(CC2)C(=O)N1CCN(C)C(C)C. The predicted molar refractivity (Wildman–Crippen MR) is 73.3 cm³/mol. The van der Waals surface area contributed by atoms with E-state index in [0.717, 1.165) is 38.8 Å². The van der Waals surface area contributed by atoms with Gasteiger partial charge in [0.1, 0.15) is 0 Å². The van der Waals surface area contributed by atoms with Crippen molar-refractivity contribution in [1.82, 2.24) is 15.1 Å². The van der Waals surface area contributed by atoms with Gasteiger partial charge in [0.25, 0.3) is 0 Å². The molecule has 1 amide bonds. The number of carbonyl (C=O) groups is 1. The molecule has 4 heteroatoms. The Morgan fingerprint density at radius 1 is 1.50 bits per heavy atom. The van der Waals surface area contributed by atoms with Gasteiger partial charge in [0.15, 0.2) is 0 Å². The largest absolute Gasteiger partial charge is 0.324 e. The molecule has 2 rings (SSSR count). The molecule has 1 N–H and O–H groups in total. The molecule has 0 aromatic carbocycles. The molecule has 1 atom stereocenters. The van der Waals surface area contributed by atoms with Crippen molar-refractivity contribution in [3.05, 3.63) is 0 Å². The second-order valence-electron chi connectivity index (χ2n) is 6.10. The molecule has 1 heterocycles. The maximum absolute atomic E-state index is 12.4. The minimum atomic E-state index is -0.157. The Balaban J connectivity index is 1.93. The zero-order valence-corrected chi connectivity index (χ0v) is 12.2. The molecule has 2 fully saturated rings. The molecule has 0 radical (unpaired) electrons. The second kappa shape index (κ2) is 5.17. The van der Waals surface area contributed by atoms with Crippen LogP contribution < -0.4 is 5.32 Å². The normalized spacial score (nSPS) is 25.8. The van der Waals surface area contributed by atoms with Crippen LogP contribution in [0.3, 0.4) is 0 Å². The lowest BCUT2D eigenvalue weighted by atomic mass is 10.2. The van der Waals surface area contributed by atoms with E-state index in [0.29, 0.717) is 11.9 Å². The standard InChI is InChI=1S/C14H27N3O/c1-5-6-12-15-14(7-8-14)13(18)17(12)10-9-16(4)11(2)3/h11-12,15H,5-10H2,1-4H3. The van der Waals surface area contributed by atoms with Crippen LogP contribution in [-0.4, -0.2) is 53.6 Å². The van der Waals surface area contributed by atoms with E-state index in [9.17, 15) is 4.79 Å². The van der Waals surface area contributed by atoms with Crippen LogP contribution in [0.1, 0.15) is 46.5 Å². The average Bonchev–Trinajstić information content (AvgIpc) is 3.04. The van der Waals surface area contributed by atoms with Crippen molar-refractivity contribution in [2.45, 2.75) is 64.2 Å². The molecule has 2 aliphatic rings. The summed E-state index contributed by atoms with van der Waals surface area (Å²) in [5.74, 6) is 0.345. The van der Waals surface area contributed by atoms with Crippen molar-refractivity contribution in [3.63, 3.8) is 0 Å². The number of likely N-dealkylation sites (N-methyl/N-ethyl adjacent to an activating group) is 1. The van der Waals surface area contributed by atoms with Gasteiger partial charge >= 0.3 is 0 Å². The smallest absolute Gasteiger partial charge is 0.244 e. The number of hydrogen-bond acceptors (Lipinski definition) is 3. The minimum Gasteiger partial charge on any atom is -0.324 e. The molecule has 104 valence electrons. The van der Waals surface area contributed by atoms with Crippen LogP contribution in [0.15, 0.2) is 0 Å². The summed E-state index contributed by atoms with van der Waals surface area (Å²) in [6, 6.07) is 0.537. The average molecular weight is 253 g/mol. The number of amides is 1. The highest BCUT2D eigenvalue weighted by molar-refractivity contribution is 5.91. The van der Waals surface area contributed by atoms with Gasteiger partial charge in [-0.25, -0.2) is 0 Å². The third-order valence-corrected chi connectivity index (χ3v) is 4.38. The molecular formula is C14H27N3O. The Hall–Kier alpha value is -0.610. The monoisotopic (exact) mass is 253 g/mol. The molecule has 1 unspecified atom stereocenters. The van der Waals surface area contributed by atoms with Crippen molar-refractivity contribution in [2.24, 2.45) is 0 Å². The van der Waals surface area contributed by atoms with Crippen molar-refractivity contribution in [3.8, 4) is 0 Å². The fourth-order valence-electron chi connectivity index (χ4n) is 2.64. The summed E-state index contributed by atoms with van der Waals surface area (Å²) in [5, 5.41) is 3.55. The van der Waals surface area contributed by atoms with Crippen molar-refractivity contribution < 1.29 is 4.79 Å². The molecule has 0 bridgehead atoms. The van der Waals surface area contributed by atoms with E-state index < -0.39 is 0 Å². The molecule has 0 aromatic heterocycles. The van der Waals surface area contributed by atoms with Gasteiger partial charge in [-0.2, -0.15) is 0 Å². The first-order valence-electron chi connectivity index (χ1n) is 7.29. The number of nitrogens with zero attached hydrogens (tertiary/aromatic N) is 2. The van der Waals surface area contributed by atoms with Crippen LogP contribution in [-0.2, 0) is 4.79 Å². The van der Waals surface area contributed by atoms with Gasteiger partial charge in [0, 0.05) is 19.1 Å². The van der Waals surface area contributed by atoms with Gasteiger partial charge in [-0.3, -0.25) is 10.1 Å². The maximum atomic E-state index is 12.4. The fourth-order valence-corrected chi connectivity index (χ4v) is 2.64. The van der Waals surface area contributed by atoms with E-state index in [4.69, 9.17) is 0 Å². The first kappa shape index (κ1) is 13.8. The van der Waals surface area contributed by atoms with Crippen LogP contribution in [0.2, 0.25) is 0 Å². The molecule has 1 aliphatic carbocycles. The van der Waals surface area contributed by atoms with Crippen LogP contribution in [0.5, 0.6) is 0 Å². The summed E-state index contributed by atoms with van der Waals surface area (Å²) >= 11 is 0. The number of carbonyl (C=O) groups excluding carboxylic acids is 1. The summed E-state index contributed by atoms with van der Waals surface area (Å²) in [6.45, 7) is 8.38. The van der Waals surface area contributed by atoms with E-state index in [1.54, 1.807) is 0 Å². The van der Waals surface area contributed by atoms with Crippen LogP contribution in [0.25, 0.3) is 0 Å². The van der Waals surface area contributed by atoms with Gasteiger partial charge in [0.05, 0.1) is 11.7 Å². The Morgan fingerprint density at radius 3 is 2.67 bits per heavy atom. The van der Waals surface area contributed by atoms with Crippen molar-refractivity contribution in [2.75, 3.05) is 20.1 Å². The lowest BCUT2D eigenvalue weighted by molar-refractivity contribution is -0.131. The Kier molecular flexibility index (Phi) is 3.97. The van der Waals surface area contributed by atoms with Crippen LogP contribution in [0, 0.1) is 0 Å². The molecular weight excluding hydrogens is 226 g/mol. The zero-order valence-electron chi connectivity index (χ0n) is 12.2. The topological polar surface area (TPSA) is 35.6 Å². The van der Waals surface area contributed by atoms with Crippen LogP contribution in [0.4, 0.5) is 0 Å². The highest BCUT2D eigenvalue weighted by atomic mass is 16.2. The van der Waals surface area contributed by atoms with E-state index in [1.165, 1.54) is 0 Å². The molecule has 1 saturated carbocycles. The zero-order chi connectivity index (χ0) is 13.3. The lowest BCUT2D eigenvalue weighted by Gasteiger charge is -2.28. The molecule has 1 aliphatic heterocycles. The van der Waals surface area contributed by atoms with Gasteiger partial charge < -0.3 is 9.80 Å².